The Kier molecular flexibility index (Phi) is 6.61. The van der Waals surface area contributed by atoms with Crippen molar-refractivity contribution in [3.05, 3.63) is 52.6 Å². The number of pyridine rings is 1. The van der Waals surface area contributed by atoms with Gasteiger partial charge < -0.3 is 19.5 Å². The van der Waals surface area contributed by atoms with E-state index in [1.807, 2.05) is 23.6 Å². The second-order valence-electron chi connectivity index (χ2n) is 9.66. The van der Waals surface area contributed by atoms with Crippen molar-refractivity contribution in [2.24, 2.45) is 5.92 Å². The van der Waals surface area contributed by atoms with E-state index >= 15 is 0 Å². The second kappa shape index (κ2) is 9.71. The number of aromatic nitrogens is 3. The van der Waals surface area contributed by atoms with Gasteiger partial charge in [0.15, 0.2) is 6.10 Å². The van der Waals surface area contributed by atoms with Gasteiger partial charge in [-0.05, 0) is 63.3 Å². The van der Waals surface area contributed by atoms with Crippen molar-refractivity contribution < 1.29 is 24.5 Å². The zero-order valence-electron chi connectivity index (χ0n) is 20.2. The molecule has 0 bridgehead atoms. The van der Waals surface area contributed by atoms with E-state index in [2.05, 4.69) is 4.98 Å². The Labute approximate surface area is 213 Å². The minimum Gasteiger partial charge on any atom is -0.481 e. The number of hydrogen-bond donors (Lipinski definition) is 2. The summed E-state index contributed by atoms with van der Waals surface area (Å²) in [7, 11) is 1.37. The molecule has 1 aromatic carbocycles. The lowest BCUT2D eigenvalue weighted by Gasteiger charge is -2.34. The van der Waals surface area contributed by atoms with Gasteiger partial charge in [-0.1, -0.05) is 18.0 Å². The number of aryl methyl sites for hydroxylation is 1. The highest BCUT2D eigenvalue weighted by Gasteiger charge is 2.35. The van der Waals surface area contributed by atoms with Gasteiger partial charge in [0.05, 0.1) is 40.5 Å². The first-order valence-corrected chi connectivity index (χ1v) is 12.6. The quantitative estimate of drug-likeness (QED) is 0.511. The first-order valence-electron chi connectivity index (χ1n) is 12.2. The Morgan fingerprint density at radius 1 is 1.19 bits per heavy atom. The number of halogens is 1. The van der Waals surface area contributed by atoms with Gasteiger partial charge in [-0.3, -0.25) is 14.7 Å². The number of carboxylic acids is 1. The van der Waals surface area contributed by atoms with Crippen LogP contribution in [0.15, 0.2) is 30.5 Å². The topological polar surface area (TPSA) is 118 Å². The molecule has 0 radical (unpaired) electrons. The molecule has 2 aliphatic rings. The molecule has 2 N–H and O–H groups in total. The number of hydrogen-bond acceptors (Lipinski definition) is 6. The third kappa shape index (κ3) is 4.20. The van der Waals surface area contributed by atoms with E-state index in [9.17, 15) is 19.8 Å². The van der Waals surface area contributed by atoms with Crippen LogP contribution >= 0.6 is 11.6 Å². The fraction of sp³-hybridized carbons (Fsp3) is 0.462. The summed E-state index contributed by atoms with van der Waals surface area (Å²) < 4.78 is 7.03. The van der Waals surface area contributed by atoms with Crippen LogP contribution in [0, 0.1) is 5.92 Å². The smallest absolute Gasteiger partial charge is 0.414 e. The minimum atomic E-state index is -1.13. The summed E-state index contributed by atoms with van der Waals surface area (Å²) in [5.41, 5.74) is 3.58. The number of aliphatic hydroxyl groups is 1. The maximum Gasteiger partial charge on any atom is 0.414 e. The SMILES string of the molecule is COC(=O)N1c2ccc3c(nc([C@@H](O)c4ccc(Cl)cn4)n3[C@@H]3CCC[C@@H](C(=O)O)C3)c2CC[C@@H]1C. The molecule has 5 rings (SSSR count). The van der Waals surface area contributed by atoms with Crippen LogP contribution in [0.5, 0.6) is 0 Å². The zero-order chi connectivity index (χ0) is 25.6. The van der Waals surface area contributed by atoms with E-state index in [4.69, 9.17) is 21.3 Å². The zero-order valence-corrected chi connectivity index (χ0v) is 21.0. The van der Waals surface area contributed by atoms with Crippen molar-refractivity contribution in [1.82, 2.24) is 14.5 Å². The largest absolute Gasteiger partial charge is 0.481 e. The van der Waals surface area contributed by atoms with Crippen molar-refractivity contribution in [3.8, 4) is 0 Å². The van der Waals surface area contributed by atoms with E-state index in [0.29, 0.717) is 34.9 Å². The average Bonchev–Trinajstić information content (AvgIpc) is 3.28. The summed E-state index contributed by atoms with van der Waals surface area (Å²) in [4.78, 5) is 35.3. The maximum absolute atomic E-state index is 12.6. The van der Waals surface area contributed by atoms with Crippen LogP contribution in [0.2, 0.25) is 5.02 Å². The van der Waals surface area contributed by atoms with Gasteiger partial charge in [-0.25, -0.2) is 9.78 Å². The molecular weight excluding hydrogens is 484 g/mol. The minimum absolute atomic E-state index is 0.0255. The molecular formula is C26H29ClN4O5. The molecule has 1 fully saturated rings. The number of methoxy groups -OCH3 is 1. The molecule has 190 valence electrons. The summed E-state index contributed by atoms with van der Waals surface area (Å²) in [5.74, 6) is -0.841. The number of nitrogens with zero attached hydrogens (tertiary/aromatic N) is 4. The van der Waals surface area contributed by atoms with Gasteiger partial charge in [0, 0.05) is 23.8 Å². The number of carbonyl (C=O) groups excluding carboxylic acids is 1. The van der Waals surface area contributed by atoms with Crippen molar-refractivity contribution >= 4 is 40.4 Å². The molecule has 1 amide bonds. The Bertz CT molecular complexity index is 1310. The lowest BCUT2D eigenvalue weighted by molar-refractivity contribution is -0.143. The standard InChI is InChI=1S/C26H29ClN4O5/c1-14-6-8-18-20(30(14)26(35)36-2)10-11-21-22(18)29-24(23(32)19-9-7-16(27)13-28-19)31(21)17-5-3-4-15(12-17)25(33)34/h7,9-11,13-15,17,23,32H,3-6,8,12H2,1-2H3,(H,33,34)/t14-,15+,17+,23-/m0/s1. The van der Waals surface area contributed by atoms with Crippen molar-refractivity contribution in [2.45, 2.75) is 63.6 Å². The van der Waals surface area contributed by atoms with Gasteiger partial charge in [-0.2, -0.15) is 0 Å². The number of carboxylic acid groups (broad SMARTS) is 1. The highest BCUT2D eigenvalue weighted by Crippen LogP contribution is 2.42. The molecule has 0 spiro atoms. The molecule has 3 aromatic rings. The highest BCUT2D eigenvalue weighted by atomic mass is 35.5. The Morgan fingerprint density at radius 2 is 2.00 bits per heavy atom. The van der Waals surface area contributed by atoms with Crippen LogP contribution in [0.4, 0.5) is 10.5 Å². The van der Waals surface area contributed by atoms with Gasteiger partial charge in [0.1, 0.15) is 5.82 Å². The monoisotopic (exact) mass is 512 g/mol. The van der Waals surface area contributed by atoms with Crippen molar-refractivity contribution in [3.63, 3.8) is 0 Å². The van der Waals surface area contributed by atoms with E-state index in [1.165, 1.54) is 13.3 Å². The van der Waals surface area contributed by atoms with Gasteiger partial charge in [-0.15, -0.1) is 0 Å². The molecule has 36 heavy (non-hydrogen) atoms. The third-order valence-electron chi connectivity index (χ3n) is 7.49. The highest BCUT2D eigenvalue weighted by molar-refractivity contribution is 6.30. The predicted octanol–water partition coefficient (Wildman–Crippen LogP) is 4.89. The predicted molar refractivity (Wildman–Crippen MR) is 134 cm³/mol. The summed E-state index contributed by atoms with van der Waals surface area (Å²) >= 11 is 6.00. The molecule has 9 nitrogen and oxygen atoms in total. The molecule has 3 heterocycles. The first-order chi connectivity index (χ1) is 17.3. The number of imidazole rings is 1. The van der Waals surface area contributed by atoms with Crippen LogP contribution in [0.3, 0.4) is 0 Å². The van der Waals surface area contributed by atoms with Crippen LogP contribution in [-0.2, 0) is 16.0 Å². The lowest BCUT2D eigenvalue weighted by Crippen LogP contribution is -2.42. The molecule has 0 saturated heterocycles. The van der Waals surface area contributed by atoms with Crippen molar-refractivity contribution in [1.29, 1.82) is 0 Å². The summed E-state index contributed by atoms with van der Waals surface area (Å²) in [6.07, 6.45) is 4.03. The van der Waals surface area contributed by atoms with Gasteiger partial charge in [0.25, 0.3) is 0 Å². The summed E-state index contributed by atoms with van der Waals surface area (Å²) in [6, 6.07) is 6.97. The number of carbonyl (C=O) groups is 2. The number of anilines is 1. The van der Waals surface area contributed by atoms with Crippen molar-refractivity contribution in [2.75, 3.05) is 12.0 Å². The molecule has 1 aliphatic carbocycles. The fourth-order valence-corrected chi connectivity index (χ4v) is 5.79. The summed E-state index contributed by atoms with van der Waals surface area (Å²) in [5, 5.41) is 21.6. The Hall–Kier alpha value is -3.17. The summed E-state index contributed by atoms with van der Waals surface area (Å²) in [6.45, 7) is 1.98. The number of aliphatic carboxylic acids is 1. The van der Waals surface area contributed by atoms with E-state index in [-0.39, 0.29) is 12.1 Å². The molecule has 10 heteroatoms. The van der Waals surface area contributed by atoms with Gasteiger partial charge in [0.2, 0.25) is 0 Å². The molecule has 4 atom stereocenters. The van der Waals surface area contributed by atoms with E-state index in [0.717, 1.165) is 42.5 Å². The van der Waals surface area contributed by atoms with Gasteiger partial charge >= 0.3 is 12.1 Å². The number of ether oxygens (including phenoxy) is 1. The number of fused-ring (bicyclic) bond motifs is 3. The van der Waals surface area contributed by atoms with Crippen LogP contribution in [0.1, 0.15) is 68.3 Å². The molecule has 0 unspecified atom stereocenters. The molecule has 2 aromatic heterocycles. The van der Waals surface area contributed by atoms with Crippen LogP contribution in [-0.4, -0.2) is 50.0 Å². The number of benzene rings is 1. The third-order valence-corrected chi connectivity index (χ3v) is 7.71. The lowest BCUT2D eigenvalue weighted by atomic mass is 9.85. The Balaban J connectivity index is 1.69. The normalized spacial score (nSPS) is 22.8. The second-order valence-corrected chi connectivity index (χ2v) is 10.1. The van der Waals surface area contributed by atoms with E-state index in [1.54, 1.807) is 17.0 Å². The maximum atomic E-state index is 12.6. The molecule has 1 saturated carbocycles. The average molecular weight is 513 g/mol. The van der Waals surface area contributed by atoms with Crippen LogP contribution < -0.4 is 4.90 Å². The molecule has 1 aliphatic heterocycles. The Morgan fingerprint density at radius 3 is 2.69 bits per heavy atom. The van der Waals surface area contributed by atoms with Crippen LogP contribution in [0.25, 0.3) is 11.0 Å². The van der Waals surface area contributed by atoms with E-state index < -0.39 is 24.1 Å². The first kappa shape index (κ1) is 24.5. The number of aliphatic hydroxyl groups excluding tert-OH is 1. The number of amides is 1. The number of rotatable bonds is 4. The fourth-order valence-electron chi connectivity index (χ4n) is 5.67.